The third-order valence-electron chi connectivity index (χ3n) is 3.68. The quantitative estimate of drug-likeness (QED) is 0.527. The van der Waals surface area contributed by atoms with Crippen LogP contribution in [0.5, 0.6) is 0 Å². The molecule has 2 aromatic carbocycles. The van der Waals surface area contributed by atoms with E-state index in [1.165, 1.54) is 42.5 Å². The van der Waals surface area contributed by atoms with Crippen molar-refractivity contribution in [2.24, 2.45) is 0 Å². The number of non-ortho nitro benzene ring substituents is 1. The SMILES string of the molecule is O=c1c2ccccc2n(-c2cccc([N+](=O)[O-])c2)c(=O)n1CC(F)(F)F. The van der Waals surface area contributed by atoms with Crippen LogP contribution in [0.25, 0.3) is 16.6 Å². The molecule has 1 heterocycles. The van der Waals surface area contributed by atoms with Gasteiger partial charge >= 0.3 is 11.9 Å². The number of nitrogens with zero attached hydrogens (tertiary/aromatic N) is 3. The Morgan fingerprint density at radius 2 is 1.73 bits per heavy atom. The van der Waals surface area contributed by atoms with E-state index in [2.05, 4.69) is 0 Å². The van der Waals surface area contributed by atoms with Crippen molar-refractivity contribution < 1.29 is 18.1 Å². The molecule has 0 unspecified atom stereocenters. The van der Waals surface area contributed by atoms with Crippen LogP contribution in [0.4, 0.5) is 18.9 Å². The second-order valence-electron chi connectivity index (χ2n) is 5.42. The van der Waals surface area contributed by atoms with Crippen molar-refractivity contribution in [3.63, 3.8) is 0 Å². The molecule has 0 N–H and O–H groups in total. The fraction of sp³-hybridized carbons (Fsp3) is 0.125. The maximum Gasteiger partial charge on any atom is 0.406 e. The van der Waals surface area contributed by atoms with Crippen molar-refractivity contribution in [3.8, 4) is 5.69 Å². The third kappa shape index (κ3) is 3.08. The van der Waals surface area contributed by atoms with Gasteiger partial charge in [-0.25, -0.2) is 4.79 Å². The van der Waals surface area contributed by atoms with Crippen LogP contribution in [-0.4, -0.2) is 20.2 Å². The molecule has 0 fully saturated rings. The fourth-order valence-corrected chi connectivity index (χ4v) is 2.62. The molecular formula is C16H10F3N3O4. The molecule has 0 aliphatic carbocycles. The number of aromatic nitrogens is 2. The van der Waals surface area contributed by atoms with E-state index < -0.39 is 28.9 Å². The maximum absolute atomic E-state index is 12.8. The Kier molecular flexibility index (Phi) is 4.10. The summed E-state index contributed by atoms with van der Waals surface area (Å²) in [5, 5.41) is 10.8. The van der Waals surface area contributed by atoms with E-state index >= 15 is 0 Å². The number of nitro benzene ring substituents is 1. The second kappa shape index (κ2) is 6.14. The Morgan fingerprint density at radius 3 is 2.38 bits per heavy atom. The van der Waals surface area contributed by atoms with Gasteiger partial charge in [-0.05, 0) is 18.2 Å². The number of nitro groups is 1. The lowest BCUT2D eigenvalue weighted by atomic mass is 10.2. The normalized spacial score (nSPS) is 11.7. The zero-order chi connectivity index (χ0) is 19.1. The molecule has 0 atom stereocenters. The highest BCUT2D eigenvalue weighted by Gasteiger charge is 2.31. The van der Waals surface area contributed by atoms with Gasteiger partial charge in [0.1, 0.15) is 6.54 Å². The summed E-state index contributed by atoms with van der Waals surface area (Å²) in [4.78, 5) is 35.2. The zero-order valence-corrected chi connectivity index (χ0v) is 12.9. The summed E-state index contributed by atoms with van der Waals surface area (Å²) >= 11 is 0. The molecule has 26 heavy (non-hydrogen) atoms. The van der Waals surface area contributed by atoms with Crippen LogP contribution < -0.4 is 11.2 Å². The van der Waals surface area contributed by atoms with Gasteiger partial charge in [0.25, 0.3) is 11.2 Å². The smallest absolute Gasteiger partial charge is 0.268 e. The first-order valence-electron chi connectivity index (χ1n) is 7.25. The maximum atomic E-state index is 12.8. The molecule has 10 heteroatoms. The van der Waals surface area contributed by atoms with Crippen LogP contribution in [-0.2, 0) is 6.54 Å². The number of para-hydroxylation sites is 1. The van der Waals surface area contributed by atoms with Crippen molar-refractivity contribution >= 4 is 16.6 Å². The molecule has 0 amide bonds. The molecule has 3 aromatic rings. The fourth-order valence-electron chi connectivity index (χ4n) is 2.62. The van der Waals surface area contributed by atoms with Gasteiger partial charge in [-0.1, -0.05) is 18.2 Å². The van der Waals surface area contributed by atoms with Crippen LogP contribution in [0.1, 0.15) is 0 Å². The number of hydrogen-bond donors (Lipinski definition) is 0. The highest BCUT2D eigenvalue weighted by molar-refractivity contribution is 5.79. The molecular weight excluding hydrogens is 355 g/mol. The minimum Gasteiger partial charge on any atom is -0.268 e. The minimum atomic E-state index is -4.79. The molecule has 134 valence electrons. The molecule has 0 radical (unpaired) electrons. The van der Waals surface area contributed by atoms with Gasteiger partial charge in [0.2, 0.25) is 0 Å². The summed E-state index contributed by atoms with van der Waals surface area (Å²) in [7, 11) is 0. The van der Waals surface area contributed by atoms with Crippen LogP contribution >= 0.6 is 0 Å². The highest BCUT2D eigenvalue weighted by Crippen LogP contribution is 2.20. The number of hydrogen-bond acceptors (Lipinski definition) is 4. The van der Waals surface area contributed by atoms with Gasteiger partial charge in [-0.2, -0.15) is 13.2 Å². The zero-order valence-electron chi connectivity index (χ0n) is 12.9. The highest BCUT2D eigenvalue weighted by atomic mass is 19.4. The summed E-state index contributed by atoms with van der Waals surface area (Å²) in [5.41, 5.74) is -2.61. The monoisotopic (exact) mass is 365 g/mol. The molecule has 0 bridgehead atoms. The summed E-state index contributed by atoms with van der Waals surface area (Å²) in [5.74, 6) is 0. The largest absolute Gasteiger partial charge is 0.406 e. The van der Waals surface area contributed by atoms with E-state index in [1.807, 2.05) is 0 Å². The summed E-state index contributed by atoms with van der Waals surface area (Å²) < 4.78 is 39.4. The van der Waals surface area contributed by atoms with Gasteiger partial charge in [-0.3, -0.25) is 24.0 Å². The lowest BCUT2D eigenvalue weighted by Gasteiger charge is -2.15. The Bertz CT molecular complexity index is 1130. The van der Waals surface area contributed by atoms with Crippen molar-refractivity contribution in [1.82, 2.24) is 9.13 Å². The van der Waals surface area contributed by atoms with E-state index in [1.54, 1.807) is 0 Å². The molecule has 3 rings (SSSR count). The average molecular weight is 365 g/mol. The number of benzene rings is 2. The van der Waals surface area contributed by atoms with Crippen LogP contribution in [0.3, 0.4) is 0 Å². The number of halogens is 3. The minimum absolute atomic E-state index is 0.0173. The van der Waals surface area contributed by atoms with Gasteiger partial charge < -0.3 is 0 Å². The van der Waals surface area contributed by atoms with E-state index in [-0.39, 0.29) is 26.8 Å². The molecule has 0 saturated carbocycles. The number of alkyl halides is 3. The van der Waals surface area contributed by atoms with Gasteiger partial charge in [-0.15, -0.1) is 0 Å². The predicted octanol–water partition coefficient (Wildman–Crippen LogP) is 2.62. The van der Waals surface area contributed by atoms with Gasteiger partial charge in [0, 0.05) is 12.1 Å². The molecule has 0 saturated heterocycles. The lowest BCUT2D eigenvalue weighted by molar-refractivity contribution is -0.384. The van der Waals surface area contributed by atoms with E-state index in [9.17, 15) is 32.9 Å². The molecule has 0 aliphatic heterocycles. The first kappa shape index (κ1) is 17.4. The van der Waals surface area contributed by atoms with Crippen LogP contribution in [0.15, 0.2) is 58.1 Å². The molecule has 7 nitrogen and oxygen atoms in total. The van der Waals surface area contributed by atoms with Crippen molar-refractivity contribution in [2.75, 3.05) is 0 Å². The molecule has 1 aromatic heterocycles. The Balaban J connectivity index is 2.42. The third-order valence-corrected chi connectivity index (χ3v) is 3.68. The predicted molar refractivity (Wildman–Crippen MR) is 86.5 cm³/mol. The van der Waals surface area contributed by atoms with Gasteiger partial charge in [0.15, 0.2) is 0 Å². The van der Waals surface area contributed by atoms with Crippen molar-refractivity contribution in [3.05, 3.63) is 79.5 Å². The van der Waals surface area contributed by atoms with Crippen LogP contribution in [0, 0.1) is 10.1 Å². The molecule has 0 aliphatic rings. The standard InChI is InChI=1S/C16H10F3N3O4/c17-16(18,19)9-20-14(23)12-6-1-2-7-13(12)21(15(20)24)10-4-3-5-11(8-10)22(25)26/h1-8H,9H2. The van der Waals surface area contributed by atoms with Crippen LogP contribution in [0.2, 0.25) is 0 Å². The first-order chi connectivity index (χ1) is 12.2. The van der Waals surface area contributed by atoms with Crippen molar-refractivity contribution in [2.45, 2.75) is 12.7 Å². The second-order valence-corrected chi connectivity index (χ2v) is 5.42. The van der Waals surface area contributed by atoms with E-state index in [0.717, 1.165) is 10.6 Å². The Hall–Kier alpha value is -3.43. The number of rotatable bonds is 3. The summed E-state index contributed by atoms with van der Waals surface area (Å²) in [6.45, 7) is -1.76. The number of fused-ring (bicyclic) bond motifs is 1. The van der Waals surface area contributed by atoms with E-state index in [4.69, 9.17) is 0 Å². The topological polar surface area (TPSA) is 87.1 Å². The average Bonchev–Trinajstić information content (AvgIpc) is 2.58. The lowest BCUT2D eigenvalue weighted by Crippen LogP contribution is -2.42. The Labute approximate surface area is 142 Å². The first-order valence-corrected chi connectivity index (χ1v) is 7.25. The van der Waals surface area contributed by atoms with Gasteiger partial charge in [0.05, 0.1) is 21.5 Å². The summed E-state index contributed by atoms with van der Waals surface area (Å²) in [6, 6.07) is 10.5. The van der Waals surface area contributed by atoms with E-state index in [0.29, 0.717) is 0 Å². The Morgan fingerprint density at radius 1 is 1.04 bits per heavy atom. The molecule has 0 spiro atoms. The van der Waals surface area contributed by atoms with Crippen molar-refractivity contribution in [1.29, 1.82) is 0 Å². The summed E-state index contributed by atoms with van der Waals surface area (Å²) in [6.07, 6.45) is -4.79.